The van der Waals surface area contributed by atoms with E-state index in [-0.39, 0.29) is 46.8 Å². The zero-order valence-corrected chi connectivity index (χ0v) is 33.1. The van der Waals surface area contributed by atoms with E-state index in [9.17, 15) is 19.2 Å². The lowest BCUT2D eigenvalue weighted by molar-refractivity contribution is -0.125. The zero-order valence-electron chi connectivity index (χ0n) is 31.5. The molecule has 0 aliphatic carbocycles. The third-order valence-electron chi connectivity index (χ3n) is 9.78. The Bertz CT molecular complexity index is 1910. The van der Waals surface area contributed by atoms with Gasteiger partial charge in [0.2, 0.25) is 23.6 Å². The van der Waals surface area contributed by atoms with Gasteiger partial charge in [0.1, 0.15) is 45.7 Å². The van der Waals surface area contributed by atoms with Gasteiger partial charge in [-0.05, 0) is 51.0 Å². The van der Waals surface area contributed by atoms with E-state index < -0.39 is 60.3 Å². The van der Waals surface area contributed by atoms with E-state index in [0.717, 1.165) is 5.56 Å². The third kappa shape index (κ3) is 8.81. The molecular weight excluding hydrogens is 729 g/mol. The molecule has 1 unspecified atom stereocenters. The van der Waals surface area contributed by atoms with Crippen molar-refractivity contribution in [3.8, 4) is 0 Å². The van der Waals surface area contributed by atoms with E-state index in [1.54, 1.807) is 31.5 Å². The van der Waals surface area contributed by atoms with Gasteiger partial charge in [-0.15, -0.1) is 22.7 Å². The van der Waals surface area contributed by atoms with Gasteiger partial charge in [0.05, 0.1) is 12.1 Å². The van der Waals surface area contributed by atoms with Crippen molar-refractivity contribution in [2.75, 3.05) is 0 Å². The predicted octanol–water partition coefficient (Wildman–Crippen LogP) is 4.55. The SMILES string of the molecule is CC[C@H](C)C1NC(=O)c2csc(n2)[C@@H](C)NC(=O)[C@H]2N=C(O[C@@H]2C)[C@H](CC(C)C)NC(=O)c2csc(n2)[C@@H](Cc2ccccc2)NC(=O)[C@H]2N=C1O[C@@H]2C. The number of amides is 4. The number of hydrogen-bond acceptors (Lipinski definition) is 12. The summed E-state index contributed by atoms with van der Waals surface area (Å²) in [6.07, 6.45) is 0.442. The minimum Gasteiger partial charge on any atom is -0.474 e. The lowest BCUT2D eigenvalue weighted by Gasteiger charge is -2.24. The highest BCUT2D eigenvalue weighted by molar-refractivity contribution is 7.10. The van der Waals surface area contributed by atoms with Crippen LogP contribution in [-0.2, 0) is 25.5 Å². The van der Waals surface area contributed by atoms with Crippen molar-refractivity contribution in [1.29, 1.82) is 0 Å². The second-order valence-corrected chi connectivity index (χ2v) is 16.4. The van der Waals surface area contributed by atoms with Crippen LogP contribution in [0.1, 0.15) is 110 Å². The van der Waals surface area contributed by atoms with E-state index in [0.29, 0.717) is 29.3 Å². The lowest BCUT2D eigenvalue weighted by atomic mass is 9.98. The summed E-state index contributed by atoms with van der Waals surface area (Å²) < 4.78 is 12.3. The molecule has 16 heteroatoms. The molecule has 0 radical (unpaired) electrons. The number of ether oxygens (including phenoxy) is 2. The molecule has 9 atom stereocenters. The Morgan fingerprint density at radius 1 is 0.722 bits per heavy atom. The van der Waals surface area contributed by atoms with Crippen molar-refractivity contribution in [1.82, 2.24) is 31.2 Å². The van der Waals surface area contributed by atoms with Gasteiger partial charge in [-0.25, -0.2) is 20.0 Å². The highest BCUT2D eigenvalue weighted by Crippen LogP contribution is 2.27. The van der Waals surface area contributed by atoms with Crippen LogP contribution in [0.2, 0.25) is 0 Å². The van der Waals surface area contributed by atoms with Crippen molar-refractivity contribution < 1.29 is 28.7 Å². The smallest absolute Gasteiger partial charge is 0.271 e. The highest BCUT2D eigenvalue weighted by atomic mass is 32.1. The molecule has 2 aromatic heterocycles. The molecule has 3 aliphatic rings. The maximum Gasteiger partial charge on any atom is 0.271 e. The highest BCUT2D eigenvalue weighted by Gasteiger charge is 2.41. The zero-order chi connectivity index (χ0) is 38.7. The molecule has 5 heterocycles. The van der Waals surface area contributed by atoms with Gasteiger partial charge in [0, 0.05) is 10.8 Å². The number of rotatable bonds is 6. The Balaban J connectivity index is 1.37. The molecule has 6 rings (SSSR count). The molecule has 0 spiro atoms. The Morgan fingerprint density at radius 2 is 1.30 bits per heavy atom. The molecular formula is C38H48N8O6S2. The quantitative estimate of drug-likeness (QED) is 0.281. The Morgan fingerprint density at radius 3 is 1.94 bits per heavy atom. The summed E-state index contributed by atoms with van der Waals surface area (Å²) in [6, 6.07) is 5.63. The lowest BCUT2D eigenvalue weighted by Crippen LogP contribution is -2.45. The number of aliphatic imine (C=N–C) groups is 2. The van der Waals surface area contributed by atoms with Crippen LogP contribution in [0.25, 0.3) is 0 Å². The number of thiazole rings is 2. The van der Waals surface area contributed by atoms with Crippen LogP contribution in [0.15, 0.2) is 51.1 Å². The number of nitrogens with one attached hydrogen (secondary N) is 4. The molecule has 0 saturated carbocycles. The first kappa shape index (κ1) is 39.0. The van der Waals surface area contributed by atoms with Crippen LogP contribution in [0.4, 0.5) is 0 Å². The molecule has 4 amide bonds. The molecule has 3 aliphatic heterocycles. The van der Waals surface area contributed by atoms with E-state index in [1.807, 2.05) is 58.0 Å². The minimum absolute atomic E-state index is 0.0801. The summed E-state index contributed by atoms with van der Waals surface area (Å²) >= 11 is 2.53. The van der Waals surface area contributed by atoms with Crippen LogP contribution >= 0.6 is 22.7 Å². The van der Waals surface area contributed by atoms with Crippen molar-refractivity contribution in [3.05, 3.63) is 68.1 Å². The number of carbonyl (C=O) groups excluding carboxylic acids is 4. The van der Waals surface area contributed by atoms with Gasteiger partial charge in [0.25, 0.3) is 11.8 Å². The summed E-state index contributed by atoms with van der Waals surface area (Å²) in [5, 5.41) is 16.6. The first-order valence-electron chi connectivity index (χ1n) is 18.5. The van der Waals surface area contributed by atoms with Gasteiger partial charge in [-0.1, -0.05) is 64.4 Å². The van der Waals surface area contributed by atoms with E-state index in [1.165, 1.54) is 22.7 Å². The maximum atomic E-state index is 14.0. The van der Waals surface area contributed by atoms with Gasteiger partial charge in [-0.2, -0.15) is 0 Å². The molecule has 54 heavy (non-hydrogen) atoms. The van der Waals surface area contributed by atoms with Crippen molar-refractivity contribution in [2.24, 2.45) is 21.8 Å². The first-order chi connectivity index (χ1) is 25.8. The summed E-state index contributed by atoms with van der Waals surface area (Å²) in [5.74, 6) is -0.939. The van der Waals surface area contributed by atoms with Gasteiger partial charge in [-0.3, -0.25) is 19.2 Å². The number of aromatic nitrogens is 2. The fraction of sp³-hybridized carbons (Fsp3) is 0.526. The monoisotopic (exact) mass is 776 g/mol. The second kappa shape index (κ2) is 16.8. The summed E-state index contributed by atoms with van der Waals surface area (Å²) in [5.41, 5.74) is 1.35. The number of benzene rings is 1. The molecule has 3 aromatic rings. The Hall–Kier alpha value is -4.70. The van der Waals surface area contributed by atoms with Gasteiger partial charge < -0.3 is 30.7 Å². The summed E-state index contributed by atoms with van der Waals surface area (Å²) in [4.78, 5) is 73.6. The standard InChI is InChI=1S/C38H48N8O6S2/c1-8-19(4)28-36-46-30(22(7)52-36)34(50)41-25(15-23-12-10-9-11-13-23)38-43-26(17-54-38)31(47)40-24(14-18(2)3)35-45-29(21(6)51-35)33(49)39-20(5)37-42-27(16-53-37)32(48)44-28/h9-13,16-22,24-25,28-30H,8,14-15H2,1-7H3,(H,39,49)(H,40,47)(H,41,50)(H,44,48)/t19-,20+,21+,22+,24-,25+,28?,29-,30-/m0/s1. The fourth-order valence-electron chi connectivity index (χ4n) is 6.56. The Labute approximate surface area is 323 Å². The predicted molar refractivity (Wildman–Crippen MR) is 207 cm³/mol. The van der Waals surface area contributed by atoms with Gasteiger partial charge in [0.15, 0.2) is 12.1 Å². The van der Waals surface area contributed by atoms with Crippen molar-refractivity contribution in [2.45, 2.75) is 116 Å². The van der Waals surface area contributed by atoms with Crippen molar-refractivity contribution >= 4 is 58.1 Å². The molecule has 288 valence electrons. The van der Waals surface area contributed by atoms with E-state index in [2.05, 4.69) is 31.2 Å². The average molecular weight is 777 g/mol. The molecule has 14 nitrogen and oxygen atoms in total. The summed E-state index contributed by atoms with van der Waals surface area (Å²) in [6.45, 7) is 13.4. The molecule has 4 N–H and O–H groups in total. The fourth-order valence-corrected chi connectivity index (χ4v) is 8.21. The third-order valence-corrected chi connectivity index (χ3v) is 11.8. The van der Waals surface area contributed by atoms with E-state index >= 15 is 0 Å². The van der Waals surface area contributed by atoms with Crippen LogP contribution in [-0.4, -0.2) is 81.8 Å². The molecule has 0 fully saturated rings. The van der Waals surface area contributed by atoms with Crippen LogP contribution < -0.4 is 21.3 Å². The Kier molecular flexibility index (Phi) is 12.1. The van der Waals surface area contributed by atoms with Crippen LogP contribution in [0.5, 0.6) is 0 Å². The van der Waals surface area contributed by atoms with E-state index in [4.69, 9.17) is 19.5 Å². The van der Waals surface area contributed by atoms with Crippen LogP contribution in [0.3, 0.4) is 0 Å². The van der Waals surface area contributed by atoms with Crippen molar-refractivity contribution in [3.63, 3.8) is 0 Å². The number of nitrogens with zero attached hydrogens (tertiary/aromatic N) is 4. The second-order valence-electron chi connectivity index (χ2n) is 14.6. The number of fused-ring (bicyclic) bond motifs is 6. The maximum absolute atomic E-state index is 14.0. The largest absolute Gasteiger partial charge is 0.474 e. The minimum atomic E-state index is -0.888. The average Bonchev–Trinajstić information content (AvgIpc) is 3.96. The topological polar surface area (TPSA) is 185 Å². The van der Waals surface area contributed by atoms with Crippen LogP contribution in [0, 0.1) is 11.8 Å². The normalized spacial score (nSPS) is 28.4. The van der Waals surface area contributed by atoms with Gasteiger partial charge >= 0.3 is 0 Å². The molecule has 8 bridgehead atoms. The summed E-state index contributed by atoms with van der Waals surface area (Å²) in [7, 11) is 0. The molecule has 0 saturated heterocycles. The number of carbonyl (C=O) groups is 4. The first-order valence-corrected chi connectivity index (χ1v) is 20.2. The number of hydrogen-bond donors (Lipinski definition) is 4. The molecule has 1 aromatic carbocycles.